The lowest BCUT2D eigenvalue weighted by molar-refractivity contribution is 0.466. The Morgan fingerprint density at radius 2 is 2.11 bits per heavy atom. The van der Waals surface area contributed by atoms with Crippen molar-refractivity contribution in [2.75, 3.05) is 18.0 Å². The van der Waals surface area contributed by atoms with Crippen LogP contribution in [0.1, 0.15) is 24.5 Å². The fourth-order valence-corrected chi connectivity index (χ4v) is 3.18. The van der Waals surface area contributed by atoms with E-state index < -0.39 is 0 Å². The van der Waals surface area contributed by atoms with Crippen LogP contribution < -0.4 is 4.90 Å². The Labute approximate surface area is 105 Å². The molecule has 0 amide bonds. The van der Waals surface area contributed by atoms with E-state index >= 15 is 0 Å². The molecule has 5 rings (SSSR count). The minimum atomic E-state index is -0.208. The molecular weight excluding hydrogens is 229 g/mol. The zero-order valence-corrected chi connectivity index (χ0v) is 9.99. The highest BCUT2D eigenvalue weighted by molar-refractivity contribution is 5.79. The summed E-state index contributed by atoms with van der Waals surface area (Å²) in [6.07, 6.45) is 2.41. The number of hydrogen-bond donors (Lipinski definition) is 1. The molecule has 0 unspecified atom stereocenters. The molecule has 0 aliphatic carbocycles. The number of aromatic nitrogens is 2. The molecule has 1 saturated heterocycles. The number of nitrogens with zero attached hydrogens (tertiary/aromatic N) is 2. The first-order chi connectivity index (χ1) is 8.83. The van der Waals surface area contributed by atoms with Crippen molar-refractivity contribution in [2.24, 2.45) is 0 Å². The van der Waals surface area contributed by atoms with Gasteiger partial charge < -0.3 is 4.90 Å². The van der Waals surface area contributed by atoms with Crippen molar-refractivity contribution in [1.82, 2.24) is 10.2 Å². The van der Waals surface area contributed by atoms with Crippen molar-refractivity contribution in [3.8, 4) is 11.3 Å². The lowest BCUT2D eigenvalue weighted by atomic mass is 9.86. The molecular formula is C14H14FN3. The molecule has 92 valence electrons. The van der Waals surface area contributed by atoms with Gasteiger partial charge in [0, 0.05) is 24.6 Å². The van der Waals surface area contributed by atoms with E-state index in [1.165, 1.54) is 30.3 Å². The summed E-state index contributed by atoms with van der Waals surface area (Å²) in [4.78, 5) is 2.37. The van der Waals surface area contributed by atoms with Crippen LogP contribution in [0.2, 0.25) is 0 Å². The molecule has 4 heterocycles. The van der Waals surface area contributed by atoms with E-state index in [9.17, 15) is 4.39 Å². The number of anilines is 1. The first-order valence-corrected chi connectivity index (χ1v) is 6.42. The lowest BCUT2D eigenvalue weighted by Gasteiger charge is -2.40. The molecule has 2 bridgehead atoms. The van der Waals surface area contributed by atoms with Gasteiger partial charge in [0.1, 0.15) is 11.5 Å². The van der Waals surface area contributed by atoms with E-state index in [0.717, 1.165) is 24.3 Å². The Morgan fingerprint density at radius 1 is 1.28 bits per heavy atom. The van der Waals surface area contributed by atoms with Gasteiger partial charge in [0.2, 0.25) is 0 Å². The summed E-state index contributed by atoms with van der Waals surface area (Å²) in [7, 11) is 0. The molecule has 1 aromatic carbocycles. The summed E-state index contributed by atoms with van der Waals surface area (Å²) in [5.74, 6) is 0.403. The molecule has 3 aliphatic rings. The van der Waals surface area contributed by atoms with Crippen LogP contribution in [0.5, 0.6) is 0 Å². The molecule has 2 aromatic rings. The maximum absolute atomic E-state index is 13.3. The van der Waals surface area contributed by atoms with E-state index in [1.54, 1.807) is 12.1 Å². The summed E-state index contributed by atoms with van der Waals surface area (Å²) in [5.41, 5.74) is 4.20. The van der Waals surface area contributed by atoms with Crippen molar-refractivity contribution < 1.29 is 4.39 Å². The number of H-pyrrole nitrogens is 1. The first-order valence-electron chi connectivity index (χ1n) is 6.42. The molecule has 1 aromatic heterocycles. The van der Waals surface area contributed by atoms with Crippen molar-refractivity contribution >= 4 is 5.69 Å². The molecule has 3 nitrogen and oxygen atoms in total. The van der Waals surface area contributed by atoms with Crippen LogP contribution >= 0.6 is 0 Å². The predicted octanol–water partition coefficient (Wildman–Crippen LogP) is 2.91. The third kappa shape index (κ3) is 1.32. The number of benzene rings is 1. The monoisotopic (exact) mass is 243 g/mol. The number of nitrogens with one attached hydrogen (secondary N) is 1. The van der Waals surface area contributed by atoms with Crippen LogP contribution in [-0.4, -0.2) is 23.3 Å². The summed E-state index contributed by atoms with van der Waals surface area (Å²) in [6, 6.07) is 6.68. The van der Waals surface area contributed by atoms with Crippen LogP contribution in [0.4, 0.5) is 10.1 Å². The van der Waals surface area contributed by atoms with Crippen LogP contribution in [0.3, 0.4) is 0 Å². The number of aromatic amines is 1. The third-order valence-corrected chi connectivity index (χ3v) is 4.09. The van der Waals surface area contributed by atoms with E-state index in [0.29, 0.717) is 5.92 Å². The average molecular weight is 243 g/mol. The van der Waals surface area contributed by atoms with Crippen molar-refractivity contribution in [2.45, 2.75) is 18.8 Å². The predicted molar refractivity (Wildman–Crippen MR) is 68.2 cm³/mol. The highest BCUT2D eigenvalue weighted by Crippen LogP contribution is 2.45. The Morgan fingerprint density at radius 3 is 2.89 bits per heavy atom. The summed E-state index contributed by atoms with van der Waals surface area (Å²) in [6.45, 7) is 2.19. The van der Waals surface area contributed by atoms with Gasteiger partial charge in [-0.3, -0.25) is 5.10 Å². The van der Waals surface area contributed by atoms with Gasteiger partial charge in [-0.25, -0.2) is 4.39 Å². The van der Waals surface area contributed by atoms with E-state index in [2.05, 4.69) is 15.1 Å². The molecule has 4 heteroatoms. The topological polar surface area (TPSA) is 31.9 Å². The van der Waals surface area contributed by atoms with Gasteiger partial charge in [-0.2, -0.15) is 5.10 Å². The minimum absolute atomic E-state index is 0.208. The second-order valence-electron chi connectivity index (χ2n) is 5.11. The van der Waals surface area contributed by atoms with E-state index in [4.69, 9.17) is 0 Å². The maximum atomic E-state index is 13.3. The lowest BCUT2D eigenvalue weighted by Crippen LogP contribution is -2.38. The van der Waals surface area contributed by atoms with Crippen molar-refractivity contribution in [3.63, 3.8) is 0 Å². The molecule has 0 saturated carbocycles. The van der Waals surface area contributed by atoms with Gasteiger partial charge in [0.15, 0.2) is 0 Å². The summed E-state index contributed by atoms with van der Waals surface area (Å²) >= 11 is 0. The van der Waals surface area contributed by atoms with Gasteiger partial charge in [0.25, 0.3) is 0 Å². The van der Waals surface area contributed by atoms with Crippen molar-refractivity contribution in [1.29, 1.82) is 0 Å². The standard InChI is InChI=1S/C14H14FN3/c15-11-3-1-2-10(8-11)13-14-12(16-17-13)9-4-6-18(14)7-5-9/h1-3,8-9H,4-7H2,(H,16,17). The van der Waals surface area contributed by atoms with E-state index in [-0.39, 0.29) is 5.82 Å². The summed E-state index contributed by atoms with van der Waals surface area (Å²) < 4.78 is 13.3. The molecule has 18 heavy (non-hydrogen) atoms. The van der Waals surface area contributed by atoms with Crippen LogP contribution in [0.15, 0.2) is 24.3 Å². The fraction of sp³-hybridized carbons (Fsp3) is 0.357. The third-order valence-electron chi connectivity index (χ3n) is 4.09. The Bertz CT molecular complexity index is 597. The number of piperidine rings is 1. The highest BCUT2D eigenvalue weighted by Gasteiger charge is 2.35. The zero-order chi connectivity index (χ0) is 12.1. The molecule has 0 radical (unpaired) electrons. The normalized spacial score (nSPS) is 18.2. The molecule has 0 atom stereocenters. The summed E-state index contributed by atoms with van der Waals surface area (Å²) in [5, 5.41) is 7.58. The van der Waals surface area contributed by atoms with Gasteiger partial charge in [-0.05, 0) is 25.0 Å². The maximum Gasteiger partial charge on any atom is 0.123 e. The Balaban J connectivity index is 1.89. The average Bonchev–Trinajstić information content (AvgIpc) is 2.87. The fourth-order valence-electron chi connectivity index (χ4n) is 3.18. The van der Waals surface area contributed by atoms with E-state index in [1.807, 2.05) is 6.07 Å². The van der Waals surface area contributed by atoms with Gasteiger partial charge in [-0.1, -0.05) is 12.1 Å². The van der Waals surface area contributed by atoms with Gasteiger partial charge in [-0.15, -0.1) is 0 Å². The number of fused-ring (bicyclic) bond motifs is 2. The second kappa shape index (κ2) is 3.57. The van der Waals surface area contributed by atoms with Crippen molar-refractivity contribution in [3.05, 3.63) is 35.8 Å². The van der Waals surface area contributed by atoms with Crippen LogP contribution in [0, 0.1) is 5.82 Å². The molecule has 3 aliphatic heterocycles. The number of halogens is 1. The number of hydrogen-bond acceptors (Lipinski definition) is 2. The highest BCUT2D eigenvalue weighted by atomic mass is 19.1. The second-order valence-corrected chi connectivity index (χ2v) is 5.11. The van der Waals surface area contributed by atoms with Crippen LogP contribution in [0.25, 0.3) is 11.3 Å². The Kier molecular flexibility index (Phi) is 2.01. The Hall–Kier alpha value is -1.84. The minimum Gasteiger partial charge on any atom is -0.368 e. The van der Waals surface area contributed by atoms with Gasteiger partial charge in [0.05, 0.1) is 11.4 Å². The van der Waals surface area contributed by atoms with Gasteiger partial charge >= 0.3 is 0 Å². The zero-order valence-electron chi connectivity index (χ0n) is 9.99. The SMILES string of the molecule is Fc1cccc(-c2n[nH]c3c2N2CCC3CC2)c1. The quantitative estimate of drug-likeness (QED) is 0.835. The molecule has 0 spiro atoms. The molecule has 1 fully saturated rings. The largest absolute Gasteiger partial charge is 0.368 e. The smallest absolute Gasteiger partial charge is 0.123 e. The number of rotatable bonds is 1. The first kappa shape index (κ1) is 10.1. The van der Waals surface area contributed by atoms with Crippen LogP contribution in [-0.2, 0) is 0 Å². The molecule has 1 N–H and O–H groups in total.